The van der Waals surface area contributed by atoms with Gasteiger partial charge in [0.25, 0.3) is 0 Å². The maximum Gasteiger partial charge on any atom is 0.166 e. The summed E-state index contributed by atoms with van der Waals surface area (Å²) in [5.74, 6) is 0.541. The Hall–Kier alpha value is -2.63. The Labute approximate surface area is 167 Å². The van der Waals surface area contributed by atoms with E-state index in [1.165, 1.54) is 24.3 Å². The van der Waals surface area contributed by atoms with Gasteiger partial charge in [0.2, 0.25) is 0 Å². The summed E-state index contributed by atoms with van der Waals surface area (Å²) in [4.78, 5) is 0. The zero-order valence-corrected chi connectivity index (χ0v) is 16.1. The molecule has 0 saturated heterocycles. The molecule has 0 fully saturated rings. The minimum Gasteiger partial charge on any atom is -0.493 e. The molecule has 0 aliphatic carbocycles. The zero-order valence-electron chi connectivity index (χ0n) is 15.3. The molecule has 3 aromatic rings. The Morgan fingerprint density at radius 2 is 1.64 bits per heavy atom. The Balaban J connectivity index is 1.69. The van der Waals surface area contributed by atoms with Crippen LogP contribution in [0.2, 0.25) is 5.02 Å². The second-order valence-electron chi connectivity index (χ2n) is 6.20. The van der Waals surface area contributed by atoms with Crippen LogP contribution in [0.25, 0.3) is 0 Å². The molecule has 28 heavy (non-hydrogen) atoms. The third kappa shape index (κ3) is 5.21. The maximum absolute atomic E-state index is 13.2. The molecule has 1 N–H and O–H groups in total. The fourth-order valence-corrected chi connectivity index (χ4v) is 2.98. The van der Waals surface area contributed by atoms with E-state index < -0.39 is 5.82 Å². The summed E-state index contributed by atoms with van der Waals surface area (Å²) >= 11 is 6.08. The van der Waals surface area contributed by atoms with Crippen LogP contribution in [0, 0.1) is 11.6 Å². The van der Waals surface area contributed by atoms with Gasteiger partial charge in [-0.1, -0.05) is 41.9 Å². The van der Waals surface area contributed by atoms with Crippen molar-refractivity contribution in [3.63, 3.8) is 0 Å². The van der Waals surface area contributed by atoms with Crippen molar-refractivity contribution < 1.29 is 18.3 Å². The van der Waals surface area contributed by atoms with Crippen molar-refractivity contribution in [2.24, 2.45) is 0 Å². The molecule has 3 nitrogen and oxygen atoms in total. The first-order valence-corrected chi connectivity index (χ1v) is 9.12. The van der Waals surface area contributed by atoms with Gasteiger partial charge in [-0.05, 0) is 35.9 Å². The van der Waals surface area contributed by atoms with Gasteiger partial charge in [0.15, 0.2) is 11.5 Å². The second-order valence-corrected chi connectivity index (χ2v) is 6.61. The summed E-state index contributed by atoms with van der Waals surface area (Å²) < 4.78 is 37.6. The van der Waals surface area contributed by atoms with Gasteiger partial charge in [-0.3, -0.25) is 0 Å². The number of benzene rings is 3. The highest BCUT2D eigenvalue weighted by atomic mass is 35.5. The lowest BCUT2D eigenvalue weighted by atomic mass is 10.1. The lowest BCUT2D eigenvalue weighted by Gasteiger charge is -2.16. The molecule has 0 aromatic heterocycles. The van der Waals surface area contributed by atoms with Gasteiger partial charge in [0.1, 0.15) is 18.2 Å². The topological polar surface area (TPSA) is 30.5 Å². The molecule has 0 aliphatic heterocycles. The lowest BCUT2D eigenvalue weighted by molar-refractivity contribution is 0.280. The molecule has 0 amide bonds. The van der Waals surface area contributed by atoms with Crippen LogP contribution >= 0.6 is 11.6 Å². The van der Waals surface area contributed by atoms with Gasteiger partial charge < -0.3 is 14.8 Å². The molecule has 0 unspecified atom stereocenters. The molecule has 0 radical (unpaired) electrons. The Bertz CT molecular complexity index is 932. The molecule has 0 atom stereocenters. The van der Waals surface area contributed by atoms with Crippen molar-refractivity contribution in [1.29, 1.82) is 0 Å². The van der Waals surface area contributed by atoms with Crippen LogP contribution in [-0.4, -0.2) is 7.11 Å². The van der Waals surface area contributed by atoms with Gasteiger partial charge >= 0.3 is 0 Å². The number of hydrogen-bond acceptors (Lipinski definition) is 3. The van der Waals surface area contributed by atoms with E-state index in [9.17, 15) is 8.78 Å². The Morgan fingerprint density at radius 1 is 0.893 bits per heavy atom. The molecular formula is C22H20ClF2NO2. The van der Waals surface area contributed by atoms with Gasteiger partial charge in [0, 0.05) is 24.2 Å². The van der Waals surface area contributed by atoms with Crippen LogP contribution in [0.5, 0.6) is 11.5 Å². The predicted molar refractivity (Wildman–Crippen MR) is 106 cm³/mol. The highest BCUT2D eigenvalue weighted by molar-refractivity contribution is 6.31. The minimum atomic E-state index is -0.392. The van der Waals surface area contributed by atoms with Crippen LogP contribution in [0.1, 0.15) is 16.7 Å². The van der Waals surface area contributed by atoms with Crippen LogP contribution in [0.15, 0.2) is 60.7 Å². The maximum atomic E-state index is 13.2. The van der Waals surface area contributed by atoms with Gasteiger partial charge in [0.05, 0.1) is 12.1 Å². The summed E-state index contributed by atoms with van der Waals surface area (Å²) in [5.41, 5.74) is 2.56. The predicted octanol–water partition coefficient (Wildman–Crippen LogP) is 5.50. The van der Waals surface area contributed by atoms with Crippen molar-refractivity contribution in [3.8, 4) is 11.5 Å². The lowest BCUT2D eigenvalue weighted by Crippen LogP contribution is -2.14. The first-order valence-electron chi connectivity index (χ1n) is 8.74. The van der Waals surface area contributed by atoms with E-state index in [1.807, 2.05) is 18.2 Å². The smallest absolute Gasteiger partial charge is 0.166 e. The quantitative estimate of drug-likeness (QED) is 0.539. The third-order valence-electron chi connectivity index (χ3n) is 4.23. The molecule has 3 rings (SSSR count). The first kappa shape index (κ1) is 20.1. The fourth-order valence-electron chi connectivity index (χ4n) is 2.76. The largest absolute Gasteiger partial charge is 0.493 e. The number of rotatable bonds is 8. The van der Waals surface area contributed by atoms with Crippen LogP contribution in [0.4, 0.5) is 8.78 Å². The standard InChI is InChI=1S/C22H20ClF2NO2/c1-27-21-4-2-3-16(13-26-12-15-5-8-18(24)9-6-15)22(21)28-14-17-7-10-19(25)11-20(17)23/h2-11,26H,12-14H2,1H3. The highest BCUT2D eigenvalue weighted by Gasteiger charge is 2.12. The van der Waals surface area contributed by atoms with Gasteiger partial charge in [-0.25, -0.2) is 8.78 Å². The Kier molecular flexibility index (Phi) is 6.85. The molecule has 3 aromatic carbocycles. The van der Waals surface area contributed by atoms with Crippen LogP contribution < -0.4 is 14.8 Å². The van der Waals surface area contributed by atoms with Crippen LogP contribution in [0.3, 0.4) is 0 Å². The van der Waals surface area contributed by atoms with E-state index in [0.29, 0.717) is 35.2 Å². The summed E-state index contributed by atoms with van der Waals surface area (Å²) in [7, 11) is 1.57. The van der Waals surface area contributed by atoms with E-state index in [0.717, 1.165) is 11.1 Å². The molecule has 146 valence electrons. The monoisotopic (exact) mass is 403 g/mol. The van der Waals surface area contributed by atoms with E-state index in [4.69, 9.17) is 21.1 Å². The fraction of sp³-hybridized carbons (Fsp3) is 0.182. The summed E-state index contributed by atoms with van der Waals surface area (Å²) in [6, 6.07) is 16.2. The number of halogens is 3. The molecule has 0 saturated carbocycles. The second kappa shape index (κ2) is 9.53. The zero-order chi connectivity index (χ0) is 19.9. The summed E-state index contributed by atoms with van der Waals surface area (Å²) in [5, 5.41) is 3.62. The van der Waals surface area contributed by atoms with Crippen molar-refractivity contribution in [1.82, 2.24) is 5.32 Å². The summed E-state index contributed by atoms with van der Waals surface area (Å²) in [6.07, 6.45) is 0. The van der Waals surface area contributed by atoms with E-state index in [-0.39, 0.29) is 12.4 Å². The molecule has 6 heteroatoms. The SMILES string of the molecule is COc1cccc(CNCc2ccc(F)cc2)c1OCc1ccc(F)cc1Cl. The first-order chi connectivity index (χ1) is 13.6. The molecule has 0 spiro atoms. The van der Waals surface area contributed by atoms with Crippen molar-refractivity contribution >= 4 is 11.6 Å². The highest BCUT2D eigenvalue weighted by Crippen LogP contribution is 2.32. The van der Waals surface area contributed by atoms with Gasteiger partial charge in [-0.2, -0.15) is 0 Å². The Morgan fingerprint density at radius 3 is 2.36 bits per heavy atom. The normalized spacial score (nSPS) is 10.7. The average molecular weight is 404 g/mol. The molecule has 0 bridgehead atoms. The average Bonchev–Trinajstić information content (AvgIpc) is 2.69. The molecule has 0 aliphatic rings. The molecular weight excluding hydrogens is 384 g/mol. The number of methoxy groups -OCH3 is 1. The van der Waals surface area contributed by atoms with Gasteiger partial charge in [-0.15, -0.1) is 0 Å². The third-order valence-corrected chi connectivity index (χ3v) is 4.58. The van der Waals surface area contributed by atoms with E-state index >= 15 is 0 Å². The van der Waals surface area contributed by atoms with Crippen molar-refractivity contribution in [2.45, 2.75) is 19.7 Å². The number of para-hydroxylation sites is 1. The van der Waals surface area contributed by atoms with E-state index in [1.54, 1.807) is 25.3 Å². The minimum absolute atomic E-state index is 0.185. The number of ether oxygens (including phenoxy) is 2. The van der Waals surface area contributed by atoms with E-state index in [2.05, 4.69) is 5.32 Å². The van der Waals surface area contributed by atoms with Crippen molar-refractivity contribution in [2.75, 3.05) is 7.11 Å². The number of hydrogen-bond donors (Lipinski definition) is 1. The molecule has 0 heterocycles. The summed E-state index contributed by atoms with van der Waals surface area (Å²) in [6.45, 7) is 1.30. The van der Waals surface area contributed by atoms with Crippen LogP contribution in [-0.2, 0) is 19.7 Å². The van der Waals surface area contributed by atoms with Crippen molar-refractivity contribution in [3.05, 3.63) is 94.0 Å². The number of nitrogens with one attached hydrogen (secondary N) is 1.